The molecule has 0 bridgehead atoms. The van der Waals surface area contributed by atoms with Gasteiger partial charge in [-0.3, -0.25) is 4.68 Å². The molecule has 0 fully saturated rings. The Bertz CT molecular complexity index is 869. The van der Waals surface area contributed by atoms with Crippen LogP contribution in [0.5, 0.6) is 5.75 Å². The molecule has 0 atom stereocenters. The van der Waals surface area contributed by atoms with E-state index in [1.807, 2.05) is 43.9 Å². The Hall–Kier alpha value is -2.66. The molecule has 0 unspecified atom stereocenters. The van der Waals surface area contributed by atoms with Gasteiger partial charge in [0.15, 0.2) is 0 Å². The van der Waals surface area contributed by atoms with Gasteiger partial charge in [0.25, 0.3) is 0 Å². The highest BCUT2D eigenvalue weighted by Gasteiger charge is 2.06. The van der Waals surface area contributed by atoms with Crippen molar-refractivity contribution in [3.63, 3.8) is 0 Å². The summed E-state index contributed by atoms with van der Waals surface area (Å²) in [6.45, 7) is 16.2. The van der Waals surface area contributed by atoms with Crippen molar-refractivity contribution in [1.82, 2.24) is 20.3 Å². The van der Waals surface area contributed by atoms with Gasteiger partial charge in [-0.2, -0.15) is 0 Å². The standard InChI is InChI=1S/C21H25N3O.C4H11N.C2H6/c1-16(2)18-6-4-7-19(14-18)21-15-24(23-22-21)12-5-13-25-20-10-8-17(3)9-11-20;1-4(2)5-3;1-2/h4,6-11,14-16H,5,12-13H2,1-3H3;4-5H,1-3H3;1-2H3. The molecule has 0 amide bonds. The van der Waals surface area contributed by atoms with Crippen LogP contribution in [-0.2, 0) is 6.54 Å². The van der Waals surface area contributed by atoms with Crippen molar-refractivity contribution in [2.24, 2.45) is 0 Å². The van der Waals surface area contributed by atoms with Crippen molar-refractivity contribution in [2.75, 3.05) is 13.7 Å². The van der Waals surface area contributed by atoms with Gasteiger partial charge in [0.2, 0.25) is 0 Å². The zero-order valence-electron chi connectivity index (χ0n) is 21.2. The third-order valence-corrected chi connectivity index (χ3v) is 4.79. The van der Waals surface area contributed by atoms with E-state index in [1.54, 1.807) is 0 Å². The van der Waals surface area contributed by atoms with E-state index in [9.17, 15) is 0 Å². The predicted molar refractivity (Wildman–Crippen MR) is 136 cm³/mol. The van der Waals surface area contributed by atoms with Crippen LogP contribution < -0.4 is 10.1 Å². The number of benzene rings is 2. The van der Waals surface area contributed by atoms with Gasteiger partial charge in [0.05, 0.1) is 12.8 Å². The molecule has 1 heterocycles. The first-order chi connectivity index (χ1) is 15.4. The van der Waals surface area contributed by atoms with Gasteiger partial charge in [-0.1, -0.05) is 82.7 Å². The van der Waals surface area contributed by atoms with Crippen LogP contribution in [-0.4, -0.2) is 34.7 Å². The molecule has 0 spiro atoms. The SMILES string of the molecule is CC.CNC(C)C.Cc1ccc(OCCCn2cc(-c3cccc(C(C)C)c3)nn2)cc1. The van der Waals surface area contributed by atoms with Gasteiger partial charge < -0.3 is 10.1 Å². The molecule has 2 aromatic carbocycles. The molecule has 0 saturated carbocycles. The molecule has 0 aliphatic heterocycles. The Labute approximate surface area is 195 Å². The molecule has 1 aromatic heterocycles. The van der Waals surface area contributed by atoms with Crippen molar-refractivity contribution in [3.8, 4) is 17.0 Å². The van der Waals surface area contributed by atoms with E-state index in [0.29, 0.717) is 18.6 Å². The second kappa shape index (κ2) is 15.2. The molecular weight excluding hydrogens is 396 g/mol. The molecule has 5 nitrogen and oxygen atoms in total. The lowest BCUT2D eigenvalue weighted by Crippen LogP contribution is -2.15. The number of nitrogens with zero attached hydrogens (tertiary/aromatic N) is 3. The second-order valence-corrected chi connectivity index (χ2v) is 8.11. The summed E-state index contributed by atoms with van der Waals surface area (Å²) in [5.41, 5.74) is 4.60. The number of hydrogen-bond acceptors (Lipinski definition) is 4. The third-order valence-electron chi connectivity index (χ3n) is 4.79. The summed E-state index contributed by atoms with van der Waals surface area (Å²) >= 11 is 0. The minimum absolute atomic E-state index is 0.508. The highest BCUT2D eigenvalue weighted by molar-refractivity contribution is 5.58. The summed E-state index contributed by atoms with van der Waals surface area (Å²) in [5, 5.41) is 11.6. The lowest BCUT2D eigenvalue weighted by Gasteiger charge is -2.06. The first kappa shape index (κ1) is 27.4. The van der Waals surface area contributed by atoms with E-state index in [2.05, 4.69) is 86.6 Å². The summed E-state index contributed by atoms with van der Waals surface area (Å²) in [4.78, 5) is 0. The molecule has 0 aliphatic carbocycles. The topological polar surface area (TPSA) is 52.0 Å². The van der Waals surface area contributed by atoms with Crippen LogP contribution in [0.3, 0.4) is 0 Å². The average Bonchev–Trinajstić information content (AvgIpc) is 3.29. The molecule has 5 heteroatoms. The van der Waals surface area contributed by atoms with Crippen LogP contribution in [0, 0.1) is 6.92 Å². The lowest BCUT2D eigenvalue weighted by molar-refractivity contribution is 0.298. The normalized spacial score (nSPS) is 10.3. The van der Waals surface area contributed by atoms with Crippen molar-refractivity contribution in [1.29, 1.82) is 0 Å². The van der Waals surface area contributed by atoms with Crippen LogP contribution >= 0.6 is 0 Å². The van der Waals surface area contributed by atoms with Crippen LogP contribution in [0.25, 0.3) is 11.3 Å². The monoisotopic (exact) mass is 438 g/mol. The number of ether oxygens (including phenoxy) is 1. The summed E-state index contributed by atoms with van der Waals surface area (Å²) in [5.74, 6) is 1.42. The highest BCUT2D eigenvalue weighted by atomic mass is 16.5. The summed E-state index contributed by atoms with van der Waals surface area (Å²) in [6.07, 6.45) is 2.90. The fourth-order valence-corrected chi connectivity index (χ4v) is 2.65. The van der Waals surface area contributed by atoms with Gasteiger partial charge in [0, 0.05) is 24.6 Å². The molecule has 0 aliphatic rings. The van der Waals surface area contributed by atoms with Gasteiger partial charge in [-0.05, 0) is 43.7 Å². The molecular formula is C27H42N4O. The Morgan fingerprint density at radius 3 is 2.25 bits per heavy atom. The molecule has 0 radical (unpaired) electrons. The highest BCUT2D eigenvalue weighted by Crippen LogP contribution is 2.22. The van der Waals surface area contributed by atoms with Crippen LogP contribution in [0.1, 0.15) is 65.0 Å². The van der Waals surface area contributed by atoms with E-state index in [0.717, 1.165) is 30.0 Å². The maximum Gasteiger partial charge on any atom is 0.119 e. The first-order valence-corrected chi connectivity index (χ1v) is 11.8. The van der Waals surface area contributed by atoms with Gasteiger partial charge in [0.1, 0.15) is 11.4 Å². The molecule has 3 rings (SSSR count). The van der Waals surface area contributed by atoms with Crippen LogP contribution in [0.15, 0.2) is 54.7 Å². The molecule has 176 valence electrons. The maximum absolute atomic E-state index is 5.75. The number of aromatic nitrogens is 3. The fourth-order valence-electron chi connectivity index (χ4n) is 2.65. The minimum atomic E-state index is 0.508. The van der Waals surface area contributed by atoms with E-state index >= 15 is 0 Å². The van der Waals surface area contributed by atoms with Crippen molar-refractivity contribution < 1.29 is 4.74 Å². The van der Waals surface area contributed by atoms with E-state index in [4.69, 9.17) is 4.74 Å². The van der Waals surface area contributed by atoms with Crippen LogP contribution in [0.4, 0.5) is 0 Å². The van der Waals surface area contributed by atoms with E-state index in [1.165, 1.54) is 11.1 Å². The van der Waals surface area contributed by atoms with Gasteiger partial charge >= 0.3 is 0 Å². The van der Waals surface area contributed by atoms with Crippen LogP contribution in [0.2, 0.25) is 0 Å². The third kappa shape index (κ3) is 10.1. The zero-order chi connectivity index (χ0) is 23.9. The molecule has 32 heavy (non-hydrogen) atoms. The quantitative estimate of drug-likeness (QED) is 0.409. The average molecular weight is 439 g/mol. The molecule has 3 aromatic rings. The Balaban J connectivity index is 0.000000646. The Morgan fingerprint density at radius 1 is 1.00 bits per heavy atom. The number of rotatable bonds is 8. The summed E-state index contributed by atoms with van der Waals surface area (Å²) < 4.78 is 7.64. The molecule has 1 N–H and O–H groups in total. The van der Waals surface area contributed by atoms with Crippen molar-refractivity contribution in [2.45, 2.75) is 73.4 Å². The fraction of sp³-hybridized carbons (Fsp3) is 0.481. The second-order valence-electron chi connectivity index (χ2n) is 8.11. The summed E-state index contributed by atoms with van der Waals surface area (Å²) in [7, 11) is 1.95. The Morgan fingerprint density at radius 2 is 1.66 bits per heavy atom. The van der Waals surface area contributed by atoms with E-state index < -0.39 is 0 Å². The predicted octanol–water partition coefficient (Wildman–Crippen LogP) is 6.49. The van der Waals surface area contributed by atoms with Gasteiger partial charge in [-0.25, -0.2) is 0 Å². The molecule has 0 saturated heterocycles. The zero-order valence-corrected chi connectivity index (χ0v) is 21.2. The smallest absolute Gasteiger partial charge is 0.119 e. The maximum atomic E-state index is 5.75. The number of aryl methyl sites for hydroxylation is 2. The lowest BCUT2D eigenvalue weighted by atomic mass is 10.00. The first-order valence-electron chi connectivity index (χ1n) is 11.8. The van der Waals surface area contributed by atoms with Crippen molar-refractivity contribution >= 4 is 0 Å². The Kier molecular flexibility index (Phi) is 13.0. The van der Waals surface area contributed by atoms with Gasteiger partial charge in [-0.15, -0.1) is 5.10 Å². The number of nitrogens with one attached hydrogen (secondary N) is 1. The van der Waals surface area contributed by atoms with E-state index in [-0.39, 0.29) is 0 Å². The minimum Gasteiger partial charge on any atom is -0.494 e. The van der Waals surface area contributed by atoms with Crippen molar-refractivity contribution in [3.05, 3.63) is 65.9 Å². The number of hydrogen-bond donors (Lipinski definition) is 1. The largest absolute Gasteiger partial charge is 0.494 e. The summed E-state index contributed by atoms with van der Waals surface area (Å²) in [6, 6.07) is 17.3.